The number of nitrogens with two attached hydrogens (primary N) is 1. The molecule has 0 saturated heterocycles. The summed E-state index contributed by atoms with van der Waals surface area (Å²) in [5, 5.41) is 4.56. The van der Waals surface area contributed by atoms with Crippen LogP contribution in [-0.2, 0) is 22.4 Å². The van der Waals surface area contributed by atoms with Crippen molar-refractivity contribution >= 4 is 16.3 Å². The Morgan fingerprint density at radius 2 is 1.50 bits per heavy atom. The highest BCUT2D eigenvalue weighted by Gasteiger charge is 2.45. The molecule has 20 heavy (non-hydrogen) atoms. The summed E-state index contributed by atoms with van der Waals surface area (Å²) in [5.41, 5.74) is -6.01. The van der Waals surface area contributed by atoms with Gasteiger partial charge in [-0.15, -0.1) is 0 Å². The number of carbonyl (C=O) groups excluding carboxylic acids is 1. The molecule has 0 bridgehead atoms. The zero-order valence-electron chi connectivity index (χ0n) is 9.21. The van der Waals surface area contributed by atoms with Crippen molar-refractivity contribution in [2.45, 2.75) is 17.2 Å². The van der Waals surface area contributed by atoms with Crippen molar-refractivity contribution in [3.05, 3.63) is 28.8 Å². The Bertz CT molecular complexity index is 647. The van der Waals surface area contributed by atoms with Gasteiger partial charge < -0.3 is 0 Å². The van der Waals surface area contributed by atoms with Gasteiger partial charge >= 0.3 is 12.4 Å². The highest BCUT2D eigenvalue weighted by molar-refractivity contribution is 7.89. The minimum atomic E-state index is -5.51. The van der Waals surface area contributed by atoms with Crippen molar-refractivity contribution < 1.29 is 39.6 Å². The Morgan fingerprint density at radius 1 is 1.00 bits per heavy atom. The van der Waals surface area contributed by atoms with Gasteiger partial charge in [-0.3, -0.25) is 4.79 Å². The normalized spacial score (nSPS) is 13.3. The number of rotatable bonds is 2. The molecule has 0 radical (unpaired) electrons. The monoisotopic (exact) mass is 321 g/mol. The van der Waals surface area contributed by atoms with Crippen molar-refractivity contribution in [3.8, 4) is 0 Å². The molecule has 1 aromatic rings. The summed E-state index contributed by atoms with van der Waals surface area (Å²) in [7, 11) is -4.71. The second-order valence-corrected chi connectivity index (χ2v) is 5.15. The van der Waals surface area contributed by atoms with Gasteiger partial charge in [0.2, 0.25) is 10.0 Å². The molecule has 0 aliphatic heterocycles. The molecule has 2 N–H and O–H groups in total. The van der Waals surface area contributed by atoms with Crippen LogP contribution in [0.1, 0.15) is 21.5 Å². The Morgan fingerprint density at radius 3 is 1.80 bits per heavy atom. The maximum atomic E-state index is 12.6. The molecule has 0 fully saturated rings. The molecule has 0 aromatic heterocycles. The smallest absolute Gasteiger partial charge is 0.298 e. The Hall–Kier alpha value is -1.62. The van der Waals surface area contributed by atoms with Gasteiger partial charge in [0.1, 0.15) is 0 Å². The fourth-order valence-electron chi connectivity index (χ4n) is 1.43. The van der Waals surface area contributed by atoms with Crippen LogP contribution in [0.3, 0.4) is 0 Å². The standard InChI is InChI=1S/C9H5F6NO3S/c10-8(11,12)6-2-5(20(16,18)19)1-4(3-17)7(6)9(13,14)15/h1-3H,(H2,16,18,19). The molecule has 0 aliphatic carbocycles. The second-order valence-electron chi connectivity index (χ2n) is 3.59. The van der Waals surface area contributed by atoms with Gasteiger partial charge in [-0.2, -0.15) is 26.3 Å². The van der Waals surface area contributed by atoms with Gasteiger partial charge in [-0.05, 0) is 12.1 Å². The lowest BCUT2D eigenvalue weighted by Gasteiger charge is -2.18. The van der Waals surface area contributed by atoms with E-state index >= 15 is 0 Å². The van der Waals surface area contributed by atoms with Crippen molar-refractivity contribution in [3.63, 3.8) is 0 Å². The largest absolute Gasteiger partial charge is 0.417 e. The first-order valence-corrected chi connectivity index (χ1v) is 6.13. The molecule has 0 saturated carbocycles. The molecule has 1 aromatic carbocycles. The maximum absolute atomic E-state index is 12.6. The van der Waals surface area contributed by atoms with Crippen molar-refractivity contribution in [1.29, 1.82) is 0 Å². The Kier molecular flexibility index (Phi) is 3.89. The number of primary sulfonamides is 1. The summed E-state index contributed by atoms with van der Waals surface area (Å²) < 4.78 is 97.6. The zero-order chi connectivity index (χ0) is 15.9. The highest BCUT2D eigenvalue weighted by atomic mass is 32.2. The van der Waals surface area contributed by atoms with Crippen LogP contribution >= 0.6 is 0 Å². The minimum absolute atomic E-state index is 0.139. The number of hydrogen-bond acceptors (Lipinski definition) is 3. The average molecular weight is 321 g/mol. The summed E-state index contributed by atoms with van der Waals surface area (Å²) in [5.74, 6) is 0. The summed E-state index contributed by atoms with van der Waals surface area (Å²) in [6.07, 6.45) is -11.5. The van der Waals surface area contributed by atoms with E-state index in [1.807, 2.05) is 0 Å². The summed E-state index contributed by atoms with van der Waals surface area (Å²) in [6, 6.07) is -0.119. The van der Waals surface area contributed by atoms with Crippen LogP contribution in [0, 0.1) is 0 Å². The molecule has 0 aliphatic rings. The van der Waals surface area contributed by atoms with Crippen LogP contribution in [0.25, 0.3) is 0 Å². The summed E-state index contributed by atoms with van der Waals surface area (Å²) >= 11 is 0. The average Bonchev–Trinajstić information content (AvgIpc) is 2.23. The van der Waals surface area contributed by atoms with Crippen LogP contribution in [0.4, 0.5) is 26.3 Å². The summed E-state index contributed by atoms with van der Waals surface area (Å²) in [6.45, 7) is 0. The van der Waals surface area contributed by atoms with Gasteiger partial charge in [-0.25, -0.2) is 13.6 Å². The lowest BCUT2D eigenvalue weighted by atomic mass is 10.0. The summed E-state index contributed by atoms with van der Waals surface area (Å²) in [4.78, 5) is 9.29. The molecule has 0 atom stereocenters. The molecule has 112 valence electrons. The third kappa shape index (κ3) is 3.28. The SMILES string of the molecule is NS(=O)(=O)c1cc(C=O)c(C(F)(F)F)c(C(F)(F)F)c1. The van der Waals surface area contributed by atoms with E-state index in [0.717, 1.165) is 0 Å². The predicted octanol–water partition coefficient (Wildman–Crippen LogP) is 2.18. The lowest BCUT2D eigenvalue weighted by molar-refractivity contribution is -0.162. The molecule has 0 unspecified atom stereocenters. The third-order valence-electron chi connectivity index (χ3n) is 2.19. The van der Waals surface area contributed by atoms with Gasteiger partial charge in [0.15, 0.2) is 6.29 Å². The number of aldehydes is 1. The van der Waals surface area contributed by atoms with E-state index in [4.69, 9.17) is 0 Å². The Balaban J connectivity index is 3.90. The van der Waals surface area contributed by atoms with E-state index in [-0.39, 0.29) is 12.1 Å². The topological polar surface area (TPSA) is 77.2 Å². The van der Waals surface area contributed by atoms with Gasteiger partial charge in [0.25, 0.3) is 0 Å². The minimum Gasteiger partial charge on any atom is -0.298 e. The quantitative estimate of drug-likeness (QED) is 0.670. The number of halogens is 6. The number of hydrogen-bond donors (Lipinski definition) is 1. The van der Waals surface area contributed by atoms with E-state index in [9.17, 15) is 39.6 Å². The number of sulfonamides is 1. The van der Waals surface area contributed by atoms with Crippen LogP contribution < -0.4 is 5.14 Å². The van der Waals surface area contributed by atoms with Crippen LogP contribution in [0.2, 0.25) is 0 Å². The molecule has 0 amide bonds. The van der Waals surface area contributed by atoms with E-state index in [2.05, 4.69) is 5.14 Å². The molecule has 0 heterocycles. The Labute approximate surface area is 108 Å². The van der Waals surface area contributed by atoms with Crippen LogP contribution in [0.5, 0.6) is 0 Å². The predicted molar refractivity (Wildman–Crippen MR) is 53.2 cm³/mol. The molecule has 0 spiro atoms. The molecule has 11 heteroatoms. The van der Waals surface area contributed by atoms with Gasteiger partial charge in [0.05, 0.1) is 16.0 Å². The van der Waals surface area contributed by atoms with Crippen molar-refractivity contribution in [1.82, 2.24) is 0 Å². The van der Waals surface area contributed by atoms with Gasteiger partial charge in [-0.1, -0.05) is 0 Å². The highest BCUT2D eigenvalue weighted by Crippen LogP contribution is 2.42. The number of benzene rings is 1. The number of carbonyl (C=O) groups is 1. The van der Waals surface area contributed by atoms with E-state index < -0.39 is 50.2 Å². The van der Waals surface area contributed by atoms with Crippen LogP contribution in [0.15, 0.2) is 17.0 Å². The van der Waals surface area contributed by atoms with Crippen LogP contribution in [-0.4, -0.2) is 14.7 Å². The molecule has 1 rings (SSSR count). The van der Waals surface area contributed by atoms with Crippen molar-refractivity contribution in [2.24, 2.45) is 5.14 Å². The fraction of sp³-hybridized carbons (Fsp3) is 0.222. The van der Waals surface area contributed by atoms with E-state index in [0.29, 0.717) is 0 Å². The first kappa shape index (κ1) is 16.4. The third-order valence-corrected chi connectivity index (χ3v) is 3.08. The van der Waals surface area contributed by atoms with Gasteiger partial charge in [0, 0.05) is 5.56 Å². The number of alkyl halides is 6. The molecular weight excluding hydrogens is 316 g/mol. The van der Waals surface area contributed by atoms with E-state index in [1.165, 1.54) is 0 Å². The molecule has 4 nitrogen and oxygen atoms in total. The molecular formula is C9H5F6NO3S. The zero-order valence-corrected chi connectivity index (χ0v) is 10.0. The second kappa shape index (κ2) is 4.74. The lowest BCUT2D eigenvalue weighted by Crippen LogP contribution is -2.22. The fourth-order valence-corrected chi connectivity index (χ4v) is 2.01. The van der Waals surface area contributed by atoms with Crippen molar-refractivity contribution in [2.75, 3.05) is 0 Å². The van der Waals surface area contributed by atoms with E-state index in [1.54, 1.807) is 0 Å². The first-order chi connectivity index (χ1) is 8.78. The first-order valence-electron chi connectivity index (χ1n) is 4.59. The maximum Gasteiger partial charge on any atom is 0.417 e.